The summed E-state index contributed by atoms with van der Waals surface area (Å²) in [5, 5.41) is 14.1. The lowest BCUT2D eigenvalue weighted by molar-refractivity contribution is -0.385. The van der Waals surface area contributed by atoms with Crippen LogP contribution in [-0.2, 0) is 6.54 Å². The van der Waals surface area contributed by atoms with E-state index in [0.29, 0.717) is 12.3 Å². The van der Waals surface area contributed by atoms with E-state index in [0.717, 1.165) is 0 Å². The summed E-state index contributed by atoms with van der Waals surface area (Å²) in [6.45, 7) is 0.536. The molecular weight excluding hydrogens is 190 g/mol. The number of allylic oxidation sites excluding steroid dienone is 1. The summed E-state index contributed by atoms with van der Waals surface area (Å²) in [5.74, 6) is 0.656. The standard InChI is InChI=1S/C7H9N3O2S/c11-10(12)7-5-8-9(6-7)3-1-2-4-13/h1-2,5-6,13H,3-4H2. The molecule has 0 N–H and O–H groups in total. The van der Waals surface area contributed by atoms with Crippen molar-refractivity contribution < 1.29 is 4.92 Å². The van der Waals surface area contributed by atoms with Gasteiger partial charge in [-0.2, -0.15) is 17.7 Å². The van der Waals surface area contributed by atoms with Crippen molar-refractivity contribution in [2.24, 2.45) is 0 Å². The van der Waals surface area contributed by atoms with Crippen LogP contribution >= 0.6 is 12.6 Å². The van der Waals surface area contributed by atoms with Gasteiger partial charge in [-0.25, -0.2) is 0 Å². The summed E-state index contributed by atoms with van der Waals surface area (Å²) in [7, 11) is 0. The first kappa shape index (κ1) is 9.79. The van der Waals surface area contributed by atoms with E-state index in [-0.39, 0.29) is 5.69 Å². The molecule has 0 fully saturated rings. The van der Waals surface area contributed by atoms with E-state index in [2.05, 4.69) is 17.7 Å². The molecule has 0 radical (unpaired) electrons. The van der Waals surface area contributed by atoms with E-state index in [4.69, 9.17) is 0 Å². The molecule has 5 nitrogen and oxygen atoms in total. The van der Waals surface area contributed by atoms with Crippen molar-refractivity contribution in [3.63, 3.8) is 0 Å². The fourth-order valence-corrected chi connectivity index (χ4v) is 0.953. The third-order valence-electron chi connectivity index (χ3n) is 1.39. The maximum atomic E-state index is 10.3. The number of rotatable bonds is 4. The average molecular weight is 199 g/mol. The Morgan fingerprint density at radius 1 is 1.69 bits per heavy atom. The van der Waals surface area contributed by atoms with E-state index >= 15 is 0 Å². The van der Waals surface area contributed by atoms with Gasteiger partial charge in [-0.3, -0.25) is 14.8 Å². The van der Waals surface area contributed by atoms with Crippen LogP contribution in [0.4, 0.5) is 5.69 Å². The summed E-state index contributed by atoms with van der Waals surface area (Å²) in [6, 6.07) is 0. The molecule has 0 saturated carbocycles. The van der Waals surface area contributed by atoms with Gasteiger partial charge in [0.05, 0.1) is 11.5 Å². The minimum Gasteiger partial charge on any atom is -0.262 e. The summed E-state index contributed by atoms with van der Waals surface area (Å²) in [5.41, 5.74) is 0.0132. The SMILES string of the molecule is O=[N+]([O-])c1cnn(CC=CCS)c1. The highest BCUT2D eigenvalue weighted by Crippen LogP contribution is 2.07. The lowest BCUT2D eigenvalue weighted by atomic mass is 10.5. The van der Waals surface area contributed by atoms with Crippen molar-refractivity contribution in [1.82, 2.24) is 9.78 Å². The molecule has 70 valence electrons. The van der Waals surface area contributed by atoms with Gasteiger partial charge in [-0.05, 0) is 0 Å². The molecule has 0 unspecified atom stereocenters. The molecule has 1 rings (SSSR count). The van der Waals surface area contributed by atoms with Gasteiger partial charge in [-0.1, -0.05) is 12.2 Å². The highest BCUT2D eigenvalue weighted by molar-refractivity contribution is 7.80. The Labute approximate surface area is 80.6 Å². The molecule has 0 aliphatic heterocycles. The zero-order valence-corrected chi connectivity index (χ0v) is 7.72. The van der Waals surface area contributed by atoms with E-state index in [1.54, 1.807) is 0 Å². The summed E-state index contributed by atoms with van der Waals surface area (Å²) in [6.07, 6.45) is 6.33. The number of nitrogens with zero attached hydrogens (tertiary/aromatic N) is 3. The molecule has 0 aliphatic carbocycles. The van der Waals surface area contributed by atoms with Gasteiger partial charge in [-0.15, -0.1) is 0 Å². The van der Waals surface area contributed by atoms with Crippen LogP contribution in [0, 0.1) is 10.1 Å². The van der Waals surface area contributed by atoms with Gasteiger partial charge >= 0.3 is 5.69 Å². The van der Waals surface area contributed by atoms with Crippen molar-refractivity contribution in [2.75, 3.05) is 5.75 Å². The molecule has 0 saturated heterocycles. The first-order chi connectivity index (χ1) is 6.24. The predicted molar refractivity (Wildman–Crippen MR) is 51.9 cm³/mol. The zero-order valence-electron chi connectivity index (χ0n) is 6.83. The number of hydrogen-bond donors (Lipinski definition) is 1. The number of hydrogen-bond acceptors (Lipinski definition) is 4. The Morgan fingerprint density at radius 3 is 3.00 bits per heavy atom. The highest BCUT2D eigenvalue weighted by Gasteiger charge is 2.06. The molecule has 1 heterocycles. The van der Waals surface area contributed by atoms with Crippen LogP contribution in [-0.4, -0.2) is 20.5 Å². The normalized spacial score (nSPS) is 10.8. The lowest BCUT2D eigenvalue weighted by Crippen LogP contribution is -1.94. The van der Waals surface area contributed by atoms with Crippen LogP contribution < -0.4 is 0 Å². The smallest absolute Gasteiger partial charge is 0.262 e. The Hall–Kier alpha value is -1.30. The molecule has 0 atom stereocenters. The number of nitro groups is 1. The molecule has 1 aromatic heterocycles. The van der Waals surface area contributed by atoms with Gasteiger partial charge in [0.25, 0.3) is 0 Å². The van der Waals surface area contributed by atoms with Crippen molar-refractivity contribution >= 4 is 18.3 Å². The van der Waals surface area contributed by atoms with Crippen LogP contribution in [0.1, 0.15) is 0 Å². The first-order valence-electron chi connectivity index (χ1n) is 3.66. The lowest BCUT2D eigenvalue weighted by Gasteiger charge is -1.91. The third-order valence-corrected chi connectivity index (χ3v) is 1.61. The van der Waals surface area contributed by atoms with Crippen molar-refractivity contribution in [1.29, 1.82) is 0 Å². The molecule has 0 amide bonds. The van der Waals surface area contributed by atoms with Crippen molar-refractivity contribution in [2.45, 2.75) is 6.54 Å². The van der Waals surface area contributed by atoms with Crippen LogP contribution in [0.15, 0.2) is 24.5 Å². The Kier molecular flexibility index (Phi) is 3.51. The fraction of sp³-hybridized carbons (Fsp3) is 0.286. The second-order valence-corrected chi connectivity index (χ2v) is 2.70. The van der Waals surface area contributed by atoms with Crippen LogP contribution in [0.2, 0.25) is 0 Å². The summed E-state index contributed by atoms with van der Waals surface area (Å²) in [4.78, 5) is 9.80. The molecule has 0 spiro atoms. The minimum atomic E-state index is -0.466. The highest BCUT2D eigenvalue weighted by atomic mass is 32.1. The molecule has 0 aliphatic rings. The second kappa shape index (κ2) is 4.66. The number of aromatic nitrogens is 2. The monoisotopic (exact) mass is 199 g/mol. The average Bonchev–Trinajstić information content (AvgIpc) is 2.53. The minimum absolute atomic E-state index is 0.0132. The van der Waals surface area contributed by atoms with Crippen LogP contribution in [0.3, 0.4) is 0 Å². The van der Waals surface area contributed by atoms with E-state index in [1.807, 2.05) is 12.2 Å². The molecule has 1 aromatic rings. The summed E-state index contributed by atoms with van der Waals surface area (Å²) < 4.78 is 1.50. The van der Waals surface area contributed by atoms with Gasteiger partial charge in [0.1, 0.15) is 12.4 Å². The Bertz CT molecular complexity index is 321. The maximum Gasteiger partial charge on any atom is 0.307 e. The van der Waals surface area contributed by atoms with E-state index in [1.165, 1.54) is 17.1 Å². The molecule has 0 bridgehead atoms. The summed E-state index contributed by atoms with van der Waals surface area (Å²) >= 11 is 3.98. The fourth-order valence-electron chi connectivity index (χ4n) is 0.804. The largest absolute Gasteiger partial charge is 0.307 e. The third kappa shape index (κ3) is 2.90. The molecule has 13 heavy (non-hydrogen) atoms. The predicted octanol–water partition coefficient (Wildman–Crippen LogP) is 1.28. The van der Waals surface area contributed by atoms with Crippen molar-refractivity contribution in [3.8, 4) is 0 Å². The van der Waals surface area contributed by atoms with Crippen LogP contribution in [0.5, 0.6) is 0 Å². The first-order valence-corrected chi connectivity index (χ1v) is 4.30. The quantitative estimate of drug-likeness (QED) is 0.344. The van der Waals surface area contributed by atoms with Gasteiger partial charge in [0.2, 0.25) is 0 Å². The Balaban J connectivity index is 2.59. The Morgan fingerprint density at radius 2 is 2.46 bits per heavy atom. The van der Waals surface area contributed by atoms with Gasteiger partial charge in [0, 0.05) is 5.75 Å². The number of thiol groups is 1. The maximum absolute atomic E-state index is 10.3. The van der Waals surface area contributed by atoms with E-state index < -0.39 is 4.92 Å². The van der Waals surface area contributed by atoms with Crippen LogP contribution in [0.25, 0.3) is 0 Å². The van der Waals surface area contributed by atoms with Gasteiger partial charge in [0.15, 0.2) is 0 Å². The second-order valence-electron chi connectivity index (χ2n) is 2.33. The van der Waals surface area contributed by atoms with Gasteiger partial charge < -0.3 is 0 Å². The molecular formula is C7H9N3O2S. The topological polar surface area (TPSA) is 61.0 Å². The van der Waals surface area contributed by atoms with E-state index in [9.17, 15) is 10.1 Å². The molecule has 6 heteroatoms. The van der Waals surface area contributed by atoms with Crippen molar-refractivity contribution in [3.05, 3.63) is 34.7 Å². The zero-order chi connectivity index (χ0) is 9.68. The molecule has 0 aromatic carbocycles.